The van der Waals surface area contributed by atoms with E-state index in [0.29, 0.717) is 12.0 Å². The first kappa shape index (κ1) is 21.2. The first-order valence-corrected chi connectivity index (χ1v) is 9.63. The van der Waals surface area contributed by atoms with Crippen molar-refractivity contribution in [2.75, 3.05) is 40.0 Å². The molecule has 0 spiro atoms. The van der Waals surface area contributed by atoms with Gasteiger partial charge in [0.25, 0.3) is 0 Å². The predicted molar refractivity (Wildman–Crippen MR) is 102 cm³/mol. The molecule has 24 heavy (non-hydrogen) atoms. The molecule has 1 saturated heterocycles. The second kappa shape index (κ2) is 11.7. The number of unbranched alkanes of at least 4 members (excludes halogenated alkanes) is 1. The lowest BCUT2D eigenvalue weighted by molar-refractivity contribution is -0.0835. The molecule has 0 aromatic rings. The average molecular weight is 342 g/mol. The standard InChI is InChI=1S/C19H39N3O2/c1-6-7-12-23-13-9-11-21-18(20-5)22-15-16-10-8-14-24-17(16)19(2,3)4/h16-17H,6-15H2,1-5H3,(H2,20,21,22). The van der Waals surface area contributed by atoms with E-state index in [9.17, 15) is 0 Å². The molecule has 5 heteroatoms. The number of aliphatic imine (C=N–C) groups is 1. The number of ether oxygens (including phenoxy) is 2. The Balaban J connectivity index is 2.25. The SMILES string of the molecule is CCCCOCCCNC(=NC)NCC1CCCOC1C(C)(C)C. The van der Waals surface area contributed by atoms with Crippen LogP contribution in [0.2, 0.25) is 0 Å². The minimum absolute atomic E-state index is 0.180. The van der Waals surface area contributed by atoms with Gasteiger partial charge in [-0.05, 0) is 31.1 Å². The Labute approximate surface area is 149 Å². The second-order valence-corrected chi connectivity index (χ2v) is 7.76. The Morgan fingerprint density at radius 2 is 1.96 bits per heavy atom. The van der Waals surface area contributed by atoms with Crippen LogP contribution in [0.15, 0.2) is 4.99 Å². The normalized spacial score (nSPS) is 22.5. The number of nitrogens with one attached hydrogen (secondary N) is 2. The molecule has 5 nitrogen and oxygen atoms in total. The lowest BCUT2D eigenvalue weighted by Crippen LogP contribution is -2.47. The van der Waals surface area contributed by atoms with Crippen molar-refractivity contribution in [3.05, 3.63) is 0 Å². The van der Waals surface area contributed by atoms with Crippen molar-refractivity contribution in [3.8, 4) is 0 Å². The van der Waals surface area contributed by atoms with E-state index in [4.69, 9.17) is 9.47 Å². The summed E-state index contributed by atoms with van der Waals surface area (Å²) in [6.07, 6.45) is 6.02. The third kappa shape index (κ3) is 8.34. The number of hydrogen-bond donors (Lipinski definition) is 2. The zero-order valence-electron chi connectivity index (χ0n) is 16.5. The maximum Gasteiger partial charge on any atom is 0.190 e. The van der Waals surface area contributed by atoms with Gasteiger partial charge in [-0.1, -0.05) is 34.1 Å². The van der Waals surface area contributed by atoms with E-state index in [0.717, 1.165) is 58.1 Å². The van der Waals surface area contributed by atoms with Gasteiger partial charge in [0.2, 0.25) is 0 Å². The zero-order valence-corrected chi connectivity index (χ0v) is 16.5. The summed E-state index contributed by atoms with van der Waals surface area (Å²) < 4.78 is 11.6. The van der Waals surface area contributed by atoms with Crippen molar-refractivity contribution in [2.45, 2.75) is 65.9 Å². The van der Waals surface area contributed by atoms with Crippen molar-refractivity contribution in [2.24, 2.45) is 16.3 Å². The van der Waals surface area contributed by atoms with Gasteiger partial charge in [-0.2, -0.15) is 0 Å². The van der Waals surface area contributed by atoms with E-state index in [1.54, 1.807) is 0 Å². The van der Waals surface area contributed by atoms with Crippen molar-refractivity contribution < 1.29 is 9.47 Å². The van der Waals surface area contributed by atoms with Crippen molar-refractivity contribution in [3.63, 3.8) is 0 Å². The topological polar surface area (TPSA) is 54.9 Å². The highest BCUT2D eigenvalue weighted by Crippen LogP contribution is 2.33. The summed E-state index contributed by atoms with van der Waals surface area (Å²) >= 11 is 0. The quantitative estimate of drug-likeness (QED) is 0.384. The Hall–Kier alpha value is -0.810. The van der Waals surface area contributed by atoms with Gasteiger partial charge in [-0.3, -0.25) is 4.99 Å². The molecule has 1 aliphatic rings. The first-order valence-electron chi connectivity index (χ1n) is 9.63. The number of rotatable bonds is 9. The molecule has 2 atom stereocenters. The van der Waals surface area contributed by atoms with Gasteiger partial charge < -0.3 is 20.1 Å². The monoisotopic (exact) mass is 341 g/mol. The first-order chi connectivity index (χ1) is 11.5. The van der Waals surface area contributed by atoms with Crippen molar-refractivity contribution >= 4 is 5.96 Å². The highest BCUT2D eigenvalue weighted by Gasteiger charge is 2.35. The summed E-state index contributed by atoms with van der Waals surface area (Å²) in [7, 11) is 1.83. The molecule has 0 aliphatic carbocycles. The maximum absolute atomic E-state index is 6.05. The van der Waals surface area contributed by atoms with Crippen LogP contribution in [0, 0.1) is 11.3 Å². The molecule has 2 unspecified atom stereocenters. The molecule has 0 amide bonds. The van der Waals surface area contributed by atoms with Gasteiger partial charge in [-0.25, -0.2) is 0 Å². The molecule has 2 N–H and O–H groups in total. The van der Waals surface area contributed by atoms with Crippen LogP contribution >= 0.6 is 0 Å². The predicted octanol–water partition coefficient (Wildman–Crippen LogP) is 3.20. The summed E-state index contributed by atoms with van der Waals surface area (Å²) in [5.41, 5.74) is 0.180. The Kier molecular flexibility index (Phi) is 10.3. The summed E-state index contributed by atoms with van der Waals surface area (Å²) in [6, 6.07) is 0. The smallest absolute Gasteiger partial charge is 0.190 e. The molecule has 0 saturated carbocycles. The van der Waals surface area contributed by atoms with Gasteiger partial charge in [0.1, 0.15) is 0 Å². The Bertz CT molecular complexity index is 353. The average Bonchev–Trinajstić information content (AvgIpc) is 2.56. The molecule has 0 aromatic heterocycles. The van der Waals surface area contributed by atoms with Crippen LogP contribution in [0.4, 0.5) is 0 Å². The van der Waals surface area contributed by atoms with Gasteiger partial charge in [-0.15, -0.1) is 0 Å². The number of guanidine groups is 1. The van der Waals surface area contributed by atoms with Gasteiger partial charge in [0.15, 0.2) is 5.96 Å². The van der Waals surface area contributed by atoms with Gasteiger partial charge in [0, 0.05) is 45.9 Å². The van der Waals surface area contributed by atoms with Crippen LogP contribution in [-0.2, 0) is 9.47 Å². The molecule has 0 radical (unpaired) electrons. The van der Waals surface area contributed by atoms with E-state index in [1.165, 1.54) is 12.8 Å². The van der Waals surface area contributed by atoms with Crippen LogP contribution in [0.3, 0.4) is 0 Å². The molecule has 0 aromatic carbocycles. The molecule has 1 rings (SSSR count). The van der Waals surface area contributed by atoms with E-state index in [1.807, 2.05) is 7.05 Å². The zero-order chi connectivity index (χ0) is 17.8. The molecular formula is C19H39N3O2. The van der Waals surface area contributed by atoms with Crippen LogP contribution in [0.25, 0.3) is 0 Å². The van der Waals surface area contributed by atoms with Crippen molar-refractivity contribution in [1.82, 2.24) is 10.6 Å². The van der Waals surface area contributed by atoms with Gasteiger partial charge in [0.05, 0.1) is 6.10 Å². The summed E-state index contributed by atoms with van der Waals surface area (Å²) in [5, 5.41) is 6.84. The summed E-state index contributed by atoms with van der Waals surface area (Å²) in [5.74, 6) is 1.41. The van der Waals surface area contributed by atoms with Crippen LogP contribution < -0.4 is 10.6 Å². The summed E-state index contributed by atoms with van der Waals surface area (Å²) in [6.45, 7) is 13.4. The minimum Gasteiger partial charge on any atom is -0.381 e. The largest absolute Gasteiger partial charge is 0.381 e. The van der Waals surface area contributed by atoms with Crippen LogP contribution in [0.1, 0.15) is 59.8 Å². The lowest BCUT2D eigenvalue weighted by Gasteiger charge is -2.40. The highest BCUT2D eigenvalue weighted by atomic mass is 16.5. The van der Waals surface area contributed by atoms with E-state index in [-0.39, 0.29) is 5.41 Å². The molecule has 0 bridgehead atoms. The van der Waals surface area contributed by atoms with E-state index >= 15 is 0 Å². The van der Waals surface area contributed by atoms with Crippen LogP contribution in [0.5, 0.6) is 0 Å². The maximum atomic E-state index is 6.05. The third-order valence-electron chi connectivity index (χ3n) is 4.45. The highest BCUT2D eigenvalue weighted by molar-refractivity contribution is 5.79. The Morgan fingerprint density at radius 1 is 1.21 bits per heavy atom. The second-order valence-electron chi connectivity index (χ2n) is 7.76. The fraction of sp³-hybridized carbons (Fsp3) is 0.947. The Morgan fingerprint density at radius 3 is 2.62 bits per heavy atom. The molecular weight excluding hydrogens is 302 g/mol. The molecule has 142 valence electrons. The molecule has 1 fully saturated rings. The van der Waals surface area contributed by atoms with Crippen LogP contribution in [-0.4, -0.2) is 52.0 Å². The minimum atomic E-state index is 0.180. The van der Waals surface area contributed by atoms with Crippen molar-refractivity contribution in [1.29, 1.82) is 0 Å². The number of hydrogen-bond acceptors (Lipinski definition) is 3. The third-order valence-corrected chi connectivity index (χ3v) is 4.45. The molecule has 1 heterocycles. The molecule has 1 aliphatic heterocycles. The fourth-order valence-corrected chi connectivity index (χ4v) is 3.19. The number of nitrogens with zero attached hydrogens (tertiary/aromatic N) is 1. The lowest BCUT2D eigenvalue weighted by atomic mass is 9.78. The van der Waals surface area contributed by atoms with Gasteiger partial charge >= 0.3 is 0 Å². The van der Waals surface area contributed by atoms with E-state index in [2.05, 4.69) is 43.3 Å². The summed E-state index contributed by atoms with van der Waals surface area (Å²) in [4.78, 5) is 4.32. The fourth-order valence-electron chi connectivity index (χ4n) is 3.19. The van der Waals surface area contributed by atoms with E-state index < -0.39 is 0 Å².